The molecule has 0 aromatic heterocycles. The highest BCUT2D eigenvalue weighted by molar-refractivity contribution is 5.86. The molecule has 7 nitrogen and oxygen atoms in total. The first-order valence-electron chi connectivity index (χ1n) is 5.79. The molecule has 1 unspecified atom stereocenters. The predicted molar refractivity (Wildman–Crippen MR) is 64.1 cm³/mol. The van der Waals surface area contributed by atoms with Crippen molar-refractivity contribution in [3.63, 3.8) is 0 Å². The molecule has 0 saturated carbocycles. The molecule has 3 amide bonds. The number of urea groups is 1. The van der Waals surface area contributed by atoms with Crippen LogP contribution >= 0.6 is 0 Å². The molecule has 0 aromatic carbocycles. The number of nitrogens with zero attached hydrogens (tertiary/aromatic N) is 3. The Morgan fingerprint density at radius 2 is 1.89 bits per heavy atom. The fraction of sp³-hybridized carbons (Fsp3) is 0.727. The molecule has 1 aliphatic heterocycles. The molecule has 0 radical (unpaired) electrons. The smallest absolute Gasteiger partial charge is 0.326 e. The number of likely N-dealkylation sites (tertiary alicyclic amines) is 1. The van der Waals surface area contributed by atoms with Gasteiger partial charge in [-0.25, -0.2) is 9.59 Å². The molecule has 7 heteroatoms. The molecule has 1 aliphatic rings. The minimum Gasteiger partial charge on any atom is -0.480 e. The van der Waals surface area contributed by atoms with Crippen molar-refractivity contribution in [3.8, 4) is 0 Å². The van der Waals surface area contributed by atoms with E-state index >= 15 is 0 Å². The van der Waals surface area contributed by atoms with Crippen LogP contribution in [0, 0.1) is 0 Å². The summed E-state index contributed by atoms with van der Waals surface area (Å²) in [6.07, 6.45) is 1.15. The quantitative estimate of drug-likeness (QED) is 0.751. The van der Waals surface area contributed by atoms with Crippen LogP contribution in [0.5, 0.6) is 0 Å². The molecule has 1 N–H and O–H groups in total. The van der Waals surface area contributed by atoms with Gasteiger partial charge in [-0.1, -0.05) is 0 Å². The average Bonchev–Trinajstić information content (AvgIpc) is 2.76. The van der Waals surface area contributed by atoms with Crippen molar-refractivity contribution in [1.29, 1.82) is 0 Å². The third-order valence-corrected chi connectivity index (χ3v) is 2.98. The molecule has 0 bridgehead atoms. The zero-order valence-electron chi connectivity index (χ0n) is 10.9. The average molecular weight is 257 g/mol. The molecule has 1 rings (SSSR count). The van der Waals surface area contributed by atoms with Gasteiger partial charge >= 0.3 is 12.0 Å². The van der Waals surface area contributed by atoms with Gasteiger partial charge in [0.25, 0.3) is 0 Å². The predicted octanol–water partition coefficient (Wildman–Crippen LogP) is -0.325. The number of carbonyl (C=O) groups is 3. The number of carbonyl (C=O) groups excluding carboxylic acids is 2. The molecule has 102 valence electrons. The summed E-state index contributed by atoms with van der Waals surface area (Å²) in [5, 5.41) is 9.00. The van der Waals surface area contributed by atoms with E-state index in [1.165, 1.54) is 21.7 Å². The zero-order chi connectivity index (χ0) is 13.9. The molecule has 0 spiro atoms. The summed E-state index contributed by atoms with van der Waals surface area (Å²) in [5.41, 5.74) is 0. The fourth-order valence-electron chi connectivity index (χ4n) is 1.88. The number of hydrogen-bond donors (Lipinski definition) is 1. The van der Waals surface area contributed by atoms with E-state index in [9.17, 15) is 14.4 Å². The molecule has 1 fully saturated rings. The highest BCUT2D eigenvalue weighted by atomic mass is 16.4. The van der Waals surface area contributed by atoms with Crippen LogP contribution < -0.4 is 0 Å². The molecule has 1 atom stereocenters. The lowest BCUT2D eigenvalue weighted by atomic mass is 10.2. The normalized spacial score (nSPS) is 18.6. The minimum absolute atomic E-state index is 0.0470. The Kier molecular flexibility index (Phi) is 4.52. The molecule has 0 aliphatic carbocycles. The summed E-state index contributed by atoms with van der Waals surface area (Å²) in [7, 11) is 4.72. The van der Waals surface area contributed by atoms with Crippen molar-refractivity contribution in [3.05, 3.63) is 0 Å². The minimum atomic E-state index is -0.992. The fourth-order valence-corrected chi connectivity index (χ4v) is 1.88. The Bertz CT molecular complexity index is 356. The second-order valence-electron chi connectivity index (χ2n) is 4.62. The van der Waals surface area contributed by atoms with Crippen LogP contribution in [0.3, 0.4) is 0 Å². The first kappa shape index (κ1) is 14.3. The van der Waals surface area contributed by atoms with Crippen molar-refractivity contribution in [2.24, 2.45) is 0 Å². The Labute approximate surface area is 106 Å². The Balaban J connectivity index is 2.63. The number of rotatable bonds is 3. The number of amides is 3. The Morgan fingerprint density at radius 3 is 2.39 bits per heavy atom. The van der Waals surface area contributed by atoms with Crippen LogP contribution in [-0.2, 0) is 9.59 Å². The lowest BCUT2D eigenvalue weighted by Gasteiger charge is -2.27. The van der Waals surface area contributed by atoms with Crippen LogP contribution in [0.2, 0.25) is 0 Å². The molecular weight excluding hydrogens is 238 g/mol. The maximum atomic E-state index is 12.0. The first-order valence-corrected chi connectivity index (χ1v) is 5.79. The third kappa shape index (κ3) is 3.12. The summed E-state index contributed by atoms with van der Waals surface area (Å²) < 4.78 is 0. The SMILES string of the molecule is CN(C)C(=O)CN(C)C(=O)N1CCCC1C(=O)O. The van der Waals surface area contributed by atoms with Crippen LogP contribution in [0.1, 0.15) is 12.8 Å². The van der Waals surface area contributed by atoms with E-state index in [1.807, 2.05) is 0 Å². The van der Waals surface area contributed by atoms with Crippen molar-refractivity contribution >= 4 is 17.9 Å². The maximum Gasteiger partial charge on any atom is 0.326 e. The van der Waals surface area contributed by atoms with E-state index in [1.54, 1.807) is 14.1 Å². The van der Waals surface area contributed by atoms with Gasteiger partial charge in [0.1, 0.15) is 12.6 Å². The molecule has 18 heavy (non-hydrogen) atoms. The van der Waals surface area contributed by atoms with E-state index in [-0.39, 0.29) is 12.5 Å². The van der Waals surface area contributed by atoms with Gasteiger partial charge in [0.15, 0.2) is 0 Å². The lowest BCUT2D eigenvalue weighted by Crippen LogP contribution is -2.49. The Morgan fingerprint density at radius 1 is 1.28 bits per heavy atom. The Hall–Kier alpha value is -1.79. The topological polar surface area (TPSA) is 81.2 Å². The molecule has 0 aromatic rings. The number of likely N-dealkylation sites (N-methyl/N-ethyl adjacent to an activating group) is 2. The van der Waals surface area contributed by atoms with E-state index in [4.69, 9.17) is 5.11 Å². The third-order valence-electron chi connectivity index (χ3n) is 2.98. The summed E-state index contributed by atoms with van der Waals surface area (Å²) in [5.74, 6) is -1.19. The largest absolute Gasteiger partial charge is 0.480 e. The van der Waals surface area contributed by atoms with Gasteiger partial charge in [-0.2, -0.15) is 0 Å². The number of hydrogen-bond acceptors (Lipinski definition) is 3. The molecule has 1 heterocycles. The second kappa shape index (κ2) is 5.70. The van der Waals surface area contributed by atoms with Gasteiger partial charge in [0, 0.05) is 27.7 Å². The monoisotopic (exact) mass is 257 g/mol. The van der Waals surface area contributed by atoms with E-state index in [0.29, 0.717) is 19.4 Å². The first-order chi connectivity index (χ1) is 8.34. The van der Waals surface area contributed by atoms with E-state index in [0.717, 1.165) is 0 Å². The van der Waals surface area contributed by atoms with Crippen LogP contribution in [0.4, 0.5) is 4.79 Å². The lowest BCUT2D eigenvalue weighted by molar-refractivity contribution is -0.141. The van der Waals surface area contributed by atoms with Crippen LogP contribution in [0.15, 0.2) is 0 Å². The highest BCUT2D eigenvalue weighted by Crippen LogP contribution is 2.18. The van der Waals surface area contributed by atoms with Gasteiger partial charge in [0.2, 0.25) is 5.91 Å². The van der Waals surface area contributed by atoms with Gasteiger partial charge in [-0.3, -0.25) is 4.79 Å². The number of aliphatic carboxylic acids is 1. The van der Waals surface area contributed by atoms with Crippen molar-refractivity contribution in [2.75, 3.05) is 34.2 Å². The van der Waals surface area contributed by atoms with Crippen molar-refractivity contribution in [2.45, 2.75) is 18.9 Å². The van der Waals surface area contributed by atoms with Gasteiger partial charge < -0.3 is 19.8 Å². The number of carboxylic acids is 1. The highest BCUT2D eigenvalue weighted by Gasteiger charge is 2.35. The van der Waals surface area contributed by atoms with Crippen LogP contribution in [-0.4, -0.2) is 78.0 Å². The zero-order valence-corrected chi connectivity index (χ0v) is 10.9. The van der Waals surface area contributed by atoms with Gasteiger partial charge in [0.05, 0.1) is 0 Å². The van der Waals surface area contributed by atoms with Crippen molar-refractivity contribution < 1.29 is 19.5 Å². The van der Waals surface area contributed by atoms with Gasteiger partial charge in [-0.15, -0.1) is 0 Å². The standard InChI is InChI=1S/C11H19N3O4/c1-12(2)9(15)7-13(3)11(18)14-6-4-5-8(14)10(16)17/h8H,4-7H2,1-3H3,(H,16,17). The maximum absolute atomic E-state index is 12.0. The van der Waals surface area contributed by atoms with Crippen molar-refractivity contribution in [1.82, 2.24) is 14.7 Å². The molecular formula is C11H19N3O4. The number of carboxylic acid groups (broad SMARTS) is 1. The van der Waals surface area contributed by atoms with E-state index < -0.39 is 18.0 Å². The summed E-state index contributed by atoms with van der Waals surface area (Å²) >= 11 is 0. The molecule has 1 saturated heterocycles. The van der Waals surface area contributed by atoms with Crippen LogP contribution in [0.25, 0.3) is 0 Å². The summed E-state index contributed by atoms with van der Waals surface area (Å²) in [4.78, 5) is 38.5. The summed E-state index contributed by atoms with van der Waals surface area (Å²) in [6, 6.07) is -1.18. The van der Waals surface area contributed by atoms with E-state index in [2.05, 4.69) is 0 Å². The second-order valence-corrected chi connectivity index (χ2v) is 4.62. The van der Waals surface area contributed by atoms with Gasteiger partial charge in [-0.05, 0) is 12.8 Å². The summed E-state index contributed by atoms with van der Waals surface area (Å²) in [6.45, 7) is 0.380.